The molecule has 5 rings (SSSR count). The van der Waals surface area contributed by atoms with E-state index >= 15 is 0 Å². The summed E-state index contributed by atoms with van der Waals surface area (Å²) in [5.41, 5.74) is 3.83. The predicted molar refractivity (Wildman–Crippen MR) is 140 cm³/mol. The molecule has 8 heteroatoms. The molecule has 38 heavy (non-hydrogen) atoms. The minimum Gasteiger partial charge on any atom is -0.481 e. The lowest BCUT2D eigenvalue weighted by Gasteiger charge is -2.17. The minimum absolute atomic E-state index is 0.0173. The van der Waals surface area contributed by atoms with Gasteiger partial charge >= 0.3 is 5.97 Å². The lowest BCUT2D eigenvalue weighted by molar-refractivity contribution is -0.137. The number of likely N-dealkylation sites (tertiary alicyclic amines) is 1. The Bertz CT molecular complexity index is 1470. The number of aromatic nitrogens is 2. The first kappa shape index (κ1) is 25.4. The summed E-state index contributed by atoms with van der Waals surface area (Å²) in [6.07, 6.45) is 2.25. The number of hydrogen-bond donors (Lipinski definition) is 1. The van der Waals surface area contributed by atoms with Crippen LogP contribution in [-0.2, 0) is 11.2 Å². The zero-order valence-corrected chi connectivity index (χ0v) is 20.7. The third kappa shape index (κ3) is 5.69. The molecule has 0 radical (unpaired) electrons. The van der Waals surface area contributed by atoms with Crippen molar-refractivity contribution in [2.75, 3.05) is 13.1 Å². The maximum atomic E-state index is 14.0. The minimum atomic E-state index is -0.887. The lowest BCUT2D eigenvalue weighted by atomic mass is 9.99. The lowest BCUT2D eigenvalue weighted by Crippen LogP contribution is -2.28. The predicted octanol–water partition coefficient (Wildman–Crippen LogP) is 6.00. The number of rotatable bonds is 8. The monoisotopic (exact) mass is 515 g/mol. The molecule has 1 fully saturated rings. The van der Waals surface area contributed by atoms with Gasteiger partial charge in [0.15, 0.2) is 0 Å². The van der Waals surface area contributed by atoms with E-state index in [0.717, 1.165) is 12.5 Å². The summed E-state index contributed by atoms with van der Waals surface area (Å²) < 4.78 is 28.0. The number of fused-ring (bicyclic) bond motifs is 1. The molecule has 1 aliphatic rings. The van der Waals surface area contributed by atoms with Gasteiger partial charge in [-0.05, 0) is 61.6 Å². The first-order chi connectivity index (χ1) is 18.4. The molecule has 1 saturated heterocycles. The summed E-state index contributed by atoms with van der Waals surface area (Å²) in [5.74, 6) is -2.11. The van der Waals surface area contributed by atoms with Crippen LogP contribution in [0.5, 0.6) is 0 Å². The molecule has 0 spiro atoms. The molecule has 2 heterocycles. The first-order valence-electron chi connectivity index (χ1n) is 12.7. The zero-order valence-electron chi connectivity index (χ0n) is 20.7. The molecule has 0 saturated carbocycles. The van der Waals surface area contributed by atoms with Crippen molar-refractivity contribution in [2.45, 2.75) is 38.0 Å². The van der Waals surface area contributed by atoms with Crippen LogP contribution in [0.25, 0.3) is 22.3 Å². The molecule has 4 aromatic rings. The van der Waals surface area contributed by atoms with E-state index in [0.29, 0.717) is 66.3 Å². The molecule has 0 aliphatic carbocycles. The van der Waals surface area contributed by atoms with Crippen LogP contribution in [-0.4, -0.2) is 44.9 Å². The number of benzene rings is 3. The summed E-state index contributed by atoms with van der Waals surface area (Å²) in [4.78, 5) is 35.5. The average molecular weight is 516 g/mol. The third-order valence-corrected chi connectivity index (χ3v) is 6.92. The Kier molecular flexibility index (Phi) is 7.40. The summed E-state index contributed by atoms with van der Waals surface area (Å²) in [6, 6.07) is 18.5. The summed E-state index contributed by atoms with van der Waals surface area (Å²) >= 11 is 0. The number of halogens is 2. The Labute approximate surface area is 219 Å². The van der Waals surface area contributed by atoms with Gasteiger partial charge in [-0.25, -0.2) is 18.7 Å². The molecule has 194 valence electrons. The van der Waals surface area contributed by atoms with E-state index in [1.54, 1.807) is 18.2 Å². The van der Waals surface area contributed by atoms with Crippen molar-refractivity contribution in [3.05, 3.63) is 95.2 Å². The second-order valence-corrected chi connectivity index (χ2v) is 9.63. The number of carboxylic acids is 1. The number of carboxylic acid groups (broad SMARTS) is 1. The van der Waals surface area contributed by atoms with E-state index in [2.05, 4.69) is 17.1 Å². The number of unbranched alkanes of at least 4 members (excludes halogenated alkanes) is 1. The van der Waals surface area contributed by atoms with Crippen molar-refractivity contribution in [1.29, 1.82) is 0 Å². The molecular weight excluding hydrogens is 488 g/mol. The number of aliphatic carboxylic acids is 1. The number of nitrogens with zero attached hydrogens (tertiary/aromatic N) is 3. The van der Waals surface area contributed by atoms with Crippen LogP contribution in [0.1, 0.15) is 53.2 Å². The highest BCUT2D eigenvalue weighted by molar-refractivity contribution is 5.97. The van der Waals surface area contributed by atoms with Gasteiger partial charge in [0.1, 0.15) is 11.6 Å². The fourth-order valence-electron chi connectivity index (χ4n) is 5.01. The highest BCUT2D eigenvalue weighted by atomic mass is 19.1. The molecule has 1 N–H and O–H groups in total. The number of carbonyl (C=O) groups excluding carboxylic acids is 1. The fraction of sp³-hybridized carbons (Fsp3) is 0.267. The van der Waals surface area contributed by atoms with E-state index in [1.807, 2.05) is 23.1 Å². The third-order valence-electron chi connectivity index (χ3n) is 6.92. The highest BCUT2D eigenvalue weighted by Crippen LogP contribution is 2.30. The second kappa shape index (κ2) is 11.0. The summed E-state index contributed by atoms with van der Waals surface area (Å²) in [7, 11) is 0. The van der Waals surface area contributed by atoms with E-state index < -0.39 is 17.6 Å². The molecule has 1 unspecified atom stereocenters. The van der Waals surface area contributed by atoms with Crippen molar-refractivity contribution in [3.63, 3.8) is 0 Å². The fourth-order valence-corrected chi connectivity index (χ4v) is 5.01. The quantitative estimate of drug-likeness (QED) is 0.291. The van der Waals surface area contributed by atoms with Gasteiger partial charge in [0.25, 0.3) is 5.91 Å². The number of aryl methyl sites for hydroxylation is 1. The first-order valence-corrected chi connectivity index (χ1v) is 12.7. The van der Waals surface area contributed by atoms with Gasteiger partial charge in [-0.3, -0.25) is 9.59 Å². The van der Waals surface area contributed by atoms with Crippen molar-refractivity contribution in [1.82, 2.24) is 14.9 Å². The molecule has 1 aliphatic heterocycles. The van der Waals surface area contributed by atoms with Crippen LogP contribution in [0.15, 0.2) is 66.7 Å². The largest absolute Gasteiger partial charge is 0.481 e. The van der Waals surface area contributed by atoms with Gasteiger partial charge in [0, 0.05) is 42.6 Å². The molecule has 0 bridgehead atoms. The van der Waals surface area contributed by atoms with Crippen molar-refractivity contribution < 1.29 is 23.5 Å². The zero-order chi connectivity index (χ0) is 26.6. The van der Waals surface area contributed by atoms with Crippen LogP contribution >= 0.6 is 0 Å². The van der Waals surface area contributed by atoms with Gasteiger partial charge in [-0.2, -0.15) is 0 Å². The molecular formula is C30H27F2N3O3. The van der Waals surface area contributed by atoms with Gasteiger partial charge in [0.2, 0.25) is 0 Å². The van der Waals surface area contributed by atoms with Gasteiger partial charge in [-0.1, -0.05) is 30.3 Å². The van der Waals surface area contributed by atoms with Crippen molar-refractivity contribution >= 4 is 22.9 Å². The SMILES string of the molecule is O=C(O)CCCCc1nc2cc(C(=O)N3CCC(c4ccccc4)C3)ccc2nc1-c1cc(F)cc(F)c1. The smallest absolute Gasteiger partial charge is 0.303 e. The molecule has 1 aromatic heterocycles. The number of carbonyl (C=O) groups is 2. The normalized spacial score (nSPS) is 15.2. The van der Waals surface area contributed by atoms with E-state index in [4.69, 9.17) is 10.1 Å². The maximum absolute atomic E-state index is 14.0. The van der Waals surface area contributed by atoms with Crippen LogP contribution < -0.4 is 0 Å². The summed E-state index contributed by atoms with van der Waals surface area (Å²) in [6.45, 7) is 1.31. The Hall–Kier alpha value is -4.20. The second-order valence-electron chi connectivity index (χ2n) is 9.63. The molecule has 1 atom stereocenters. The molecule has 6 nitrogen and oxygen atoms in total. The van der Waals surface area contributed by atoms with Crippen LogP contribution in [0.4, 0.5) is 8.78 Å². The average Bonchev–Trinajstić information content (AvgIpc) is 3.40. The standard InChI is InChI=1S/C30H27F2N3O3/c31-23-14-22(15-24(32)17-23)29-26(8-4-5-9-28(36)37)33-27-16-20(10-11-25(27)34-29)30(38)35-13-12-21(18-35)19-6-2-1-3-7-19/h1-3,6-7,10-11,14-17,21H,4-5,8-9,12-13,18H2,(H,36,37). The van der Waals surface area contributed by atoms with Crippen LogP contribution in [0.3, 0.4) is 0 Å². The number of amides is 1. The number of hydrogen-bond acceptors (Lipinski definition) is 4. The van der Waals surface area contributed by atoms with Crippen molar-refractivity contribution in [3.8, 4) is 11.3 Å². The highest BCUT2D eigenvalue weighted by Gasteiger charge is 2.28. The molecule has 3 aromatic carbocycles. The Morgan fingerprint density at radius 1 is 0.921 bits per heavy atom. The van der Waals surface area contributed by atoms with E-state index in [1.165, 1.54) is 17.7 Å². The topological polar surface area (TPSA) is 83.4 Å². The van der Waals surface area contributed by atoms with Gasteiger partial charge in [0.05, 0.1) is 22.4 Å². The Morgan fingerprint density at radius 2 is 1.68 bits per heavy atom. The maximum Gasteiger partial charge on any atom is 0.303 e. The molecule has 1 amide bonds. The van der Waals surface area contributed by atoms with Crippen LogP contribution in [0.2, 0.25) is 0 Å². The van der Waals surface area contributed by atoms with Gasteiger partial charge < -0.3 is 10.0 Å². The van der Waals surface area contributed by atoms with E-state index in [-0.39, 0.29) is 17.9 Å². The Balaban J connectivity index is 1.44. The Morgan fingerprint density at radius 3 is 2.42 bits per heavy atom. The van der Waals surface area contributed by atoms with Crippen LogP contribution in [0, 0.1) is 11.6 Å². The summed E-state index contributed by atoms with van der Waals surface area (Å²) in [5, 5.41) is 8.95. The van der Waals surface area contributed by atoms with Gasteiger partial charge in [-0.15, -0.1) is 0 Å². The van der Waals surface area contributed by atoms with Crippen molar-refractivity contribution in [2.24, 2.45) is 0 Å². The van der Waals surface area contributed by atoms with E-state index in [9.17, 15) is 18.4 Å².